The number of halogens is 1. The van der Waals surface area contributed by atoms with Crippen LogP contribution in [0.4, 0.5) is 4.39 Å². The largest absolute Gasteiger partial charge is 0.354 e. The standard InChI is InChI=1S/C22H25FN2O4S/c1-16(26)25-13-11-18(12-14-25)22(27)24-15-21(17-5-3-2-4-6-17)30(28,29)20-9-7-19(23)8-10-20/h2-10,18,21H,11-15H2,1H3,(H,24,27). The molecule has 6 nitrogen and oxygen atoms in total. The molecule has 0 aromatic heterocycles. The van der Waals surface area contributed by atoms with Crippen molar-refractivity contribution in [3.8, 4) is 0 Å². The molecule has 3 rings (SSSR count). The van der Waals surface area contributed by atoms with Crippen LogP contribution >= 0.6 is 0 Å². The third-order valence-electron chi connectivity index (χ3n) is 5.46. The van der Waals surface area contributed by atoms with Crippen molar-refractivity contribution >= 4 is 21.7 Å². The second-order valence-corrected chi connectivity index (χ2v) is 9.55. The van der Waals surface area contributed by atoms with Crippen LogP contribution in [0.25, 0.3) is 0 Å². The third kappa shape index (κ3) is 5.05. The minimum atomic E-state index is -3.85. The van der Waals surface area contributed by atoms with Crippen LogP contribution in [0.2, 0.25) is 0 Å². The zero-order chi connectivity index (χ0) is 21.7. The SMILES string of the molecule is CC(=O)N1CCC(C(=O)NCC(c2ccccc2)S(=O)(=O)c2ccc(F)cc2)CC1. The molecule has 8 heteroatoms. The van der Waals surface area contributed by atoms with E-state index in [4.69, 9.17) is 0 Å². The normalized spacial score (nSPS) is 16.1. The average molecular weight is 433 g/mol. The van der Waals surface area contributed by atoms with Crippen molar-refractivity contribution in [3.63, 3.8) is 0 Å². The number of nitrogens with zero attached hydrogens (tertiary/aromatic N) is 1. The van der Waals surface area contributed by atoms with Crippen LogP contribution < -0.4 is 5.32 Å². The fourth-order valence-corrected chi connectivity index (χ4v) is 5.32. The summed E-state index contributed by atoms with van der Waals surface area (Å²) < 4.78 is 39.7. The fourth-order valence-electron chi connectivity index (χ4n) is 3.66. The summed E-state index contributed by atoms with van der Waals surface area (Å²) in [6.07, 6.45) is 1.10. The molecule has 1 aliphatic heterocycles. The summed E-state index contributed by atoms with van der Waals surface area (Å²) in [6, 6.07) is 13.3. The zero-order valence-corrected chi connectivity index (χ0v) is 17.6. The number of rotatable bonds is 6. The van der Waals surface area contributed by atoms with E-state index in [-0.39, 0.29) is 29.2 Å². The summed E-state index contributed by atoms with van der Waals surface area (Å²) in [7, 11) is -3.85. The van der Waals surface area contributed by atoms with Crippen molar-refractivity contribution < 1.29 is 22.4 Å². The number of likely N-dealkylation sites (tertiary alicyclic amines) is 1. The minimum Gasteiger partial charge on any atom is -0.354 e. The maximum Gasteiger partial charge on any atom is 0.223 e. The first-order valence-electron chi connectivity index (χ1n) is 9.86. The molecule has 0 aliphatic carbocycles. The Bertz CT molecular complexity index is 986. The first kappa shape index (κ1) is 22.0. The van der Waals surface area contributed by atoms with E-state index in [1.54, 1.807) is 35.2 Å². The molecule has 0 saturated carbocycles. The number of hydrogen-bond donors (Lipinski definition) is 1. The van der Waals surface area contributed by atoms with Gasteiger partial charge >= 0.3 is 0 Å². The van der Waals surface area contributed by atoms with Crippen molar-refractivity contribution in [1.29, 1.82) is 0 Å². The Morgan fingerprint density at radius 3 is 2.23 bits per heavy atom. The first-order valence-corrected chi connectivity index (χ1v) is 11.4. The number of carbonyl (C=O) groups is 2. The summed E-state index contributed by atoms with van der Waals surface area (Å²) in [4.78, 5) is 25.8. The van der Waals surface area contributed by atoms with Crippen molar-refractivity contribution in [2.75, 3.05) is 19.6 Å². The van der Waals surface area contributed by atoms with Gasteiger partial charge in [-0.1, -0.05) is 30.3 Å². The molecule has 0 spiro atoms. The number of hydrogen-bond acceptors (Lipinski definition) is 4. The van der Waals surface area contributed by atoms with Crippen molar-refractivity contribution in [2.45, 2.75) is 29.9 Å². The van der Waals surface area contributed by atoms with Gasteiger partial charge in [-0.2, -0.15) is 0 Å². The molecule has 1 saturated heterocycles. The van der Waals surface area contributed by atoms with Gasteiger partial charge in [0.2, 0.25) is 11.8 Å². The Morgan fingerprint density at radius 1 is 1.07 bits per heavy atom. The number of sulfone groups is 1. The Labute approximate surface area is 176 Å². The third-order valence-corrected chi connectivity index (χ3v) is 7.58. The highest BCUT2D eigenvalue weighted by atomic mass is 32.2. The Balaban J connectivity index is 1.75. The lowest BCUT2D eigenvalue weighted by atomic mass is 9.96. The molecule has 1 heterocycles. The quantitative estimate of drug-likeness (QED) is 0.712. The molecule has 1 N–H and O–H groups in total. The Hall–Kier alpha value is -2.74. The zero-order valence-electron chi connectivity index (χ0n) is 16.8. The highest BCUT2D eigenvalue weighted by Crippen LogP contribution is 2.29. The summed E-state index contributed by atoms with van der Waals surface area (Å²) in [6.45, 7) is 2.45. The Morgan fingerprint density at radius 2 is 1.67 bits per heavy atom. The molecule has 1 atom stereocenters. The van der Waals surface area contributed by atoms with Crippen LogP contribution in [-0.2, 0) is 19.4 Å². The van der Waals surface area contributed by atoms with Gasteiger partial charge in [-0.05, 0) is 42.7 Å². The molecule has 160 valence electrons. The molecule has 1 unspecified atom stereocenters. The maximum absolute atomic E-state index is 13.3. The van der Waals surface area contributed by atoms with E-state index in [1.165, 1.54) is 19.1 Å². The number of carbonyl (C=O) groups excluding carboxylic acids is 2. The monoisotopic (exact) mass is 432 g/mol. The van der Waals surface area contributed by atoms with Crippen molar-refractivity contribution in [3.05, 3.63) is 66.0 Å². The molecule has 2 amide bonds. The molecule has 2 aromatic rings. The fraction of sp³-hybridized carbons (Fsp3) is 0.364. The molecule has 2 aromatic carbocycles. The number of nitrogens with one attached hydrogen (secondary N) is 1. The van der Waals surface area contributed by atoms with E-state index in [0.29, 0.717) is 31.5 Å². The summed E-state index contributed by atoms with van der Waals surface area (Å²) in [5.74, 6) is -1.00. The van der Waals surface area contributed by atoms with Crippen LogP contribution in [0.1, 0.15) is 30.6 Å². The van der Waals surface area contributed by atoms with E-state index in [9.17, 15) is 22.4 Å². The van der Waals surface area contributed by atoms with Crippen LogP contribution in [0.15, 0.2) is 59.5 Å². The molecule has 1 fully saturated rings. The first-order chi connectivity index (χ1) is 14.3. The molecular formula is C22H25FN2O4S. The van der Waals surface area contributed by atoms with Crippen LogP contribution in [0, 0.1) is 11.7 Å². The minimum absolute atomic E-state index is 0.00164. The maximum atomic E-state index is 13.3. The Kier molecular flexibility index (Phi) is 6.87. The van der Waals surface area contributed by atoms with Gasteiger partial charge in [0, 0.05) is 32.5 Å². The second kappa shape index (κ2) is 9.38. The second-order valence-electron chi connectivity index (χ2n) is 7.42. The van der Waals surface area contributed by atoms with Crippen LogP contribution in [0.3, 0.4) is 0 Å². The van der Waals surface area contributed by atoms with Gasteiger partial charge in [0.25, 0.3) is 0 Å². The van der Waals surface area contributed by atoms with E-state index in [1.807, 2.05) is 0 Å². The molecule has 0 radical (unpaired) electrons. The van der Waals surface area contributed by atoms with Gasteiger partial charge < -0.3 is 10.2 Å². The molecule has 1 aliphatic rings. The number of amides is 2. The lowest BCUT2D eigenvalue weighted by molar-refractivity contribution is -0.133. The van der Waals surface area contributed by atoms with E-state index in [0.717, 1.165) is 12.1 Å². The lowest BCUT2D eigenvalue weighted by Gasteiger charge is -2.31. The van der Waals surface area contributed by atoms with Crippen molar-refractivity contribution in [1.82, 2.24) is 10.2 Å². The van der Waals surface area contributed by atoms with E-state index >= 15 is 0 Å². The molecule has 0 bridgehead atoms. The van der Waals surface area contributed by atoms with Gasteiger partial charge in [0.15, 0.2) is 9.84 Å². The highest BCUT2D eigenvalue weighted by Gasteiger charge is 2.31. The predicted octanol–water partition coefficient (Wildman–Crippen LogP) is 2.72. The van der Waals surface area contributed by atoms with Crippen LogP contribution in [0.5, 0.6) is 0 Å². The predicted molar refractivity (Wildman–Crippen MR) is 111 cm³/mol. The molecular weight excluding hydrogens is 407 g/mol. The van der Waals surface area contributed by atoms with Gasteiger partial charge in [-0.15, -0.1) is 0 Å². The smallest absolute Gasteiger partial charge is 0.223 e. The summed E-state index contributed by atoms with van der Waals surface area (Å²) >= 11 is 0. The van der Waals surface area contributed by atoms with Gasteiger partial charge in [0.1, 0.15) is 11.1 Å². The topological polar surface area (TPSA) is 83.6 Å². The lowest BCUT2D eigenvalue weighted by Crippen LogP contribution is -2.43. The van der Waals surface area contributed by atoms with Crippen molar-refractivity contribution in [2.24, 2.45) is 5.92 Å². The van der Waals surface area contributed by atoms with Crippen LogP contribution in [-0.4, -0.2) is 44.8 Å². The highest BCUT2D eigenvalue weighted by molar-refractivity contribution is 7.91. The number of piperidine rings is 1. The van der Waals surface area contributed by atoms with Gasteiger partial charge in [-0.25, -0.2) is 12.8 Å². The summed E-state index contributed by atoms with van der Waals surface area (Å²) in [5.41, 5.74) is 0.550. The van der Waals surface area contributed by atoms with E-state index < -0.39 is 20.9 Å². The van der Waals surface area contributed by atoms with E-state index in [2.05, 4.69) is 5.32 Å². The van der Waals surface area contributed by atoms with Gasteiger partial charge in [-0.3, -0.25) is 9.59 Å². The summed E-state index contributed by atoms with van der Waals surface area (Å²) in [5, 5.41) is 1.79. The number of benzene rings is 2. The van der Waals surface area contributed by atoms with Gasteiger partial charge in [0.05, 0.1) is 4.90 Å². The average Bonchev–Trinajstić information content (AvgIpc) is 2.74. The molecule has 30 heavy (non-hydrogen) atoms.